The first-order valence-electron chi connectivity index (χ1n) is 6.13. The third-order valence-electron chi connectivity index (χ3n) is 2.77. The Morgan fingerprint density at radius 2 is 2.00 bits per heavy atom. The molecular formula is C12H25N3O2S. The van der Waals surface area contributed by atoms with Crippen molar-refractivity contribution >= 4 is 23.1 Å². The van der Waals surface area contributed by atoms with E-state index in [0.29, 0.717) is 37.1 Å². The Bertz CT molecular complexity index is 272. The Morgan fingerprint density at radius 1 is 1.39 bits per heavy atom. The largest absolute Gasteiger partial charge is 0.393 e. The molecule has 0 aromatic carbocycles. The Balaban J connectivity index is 4.18. The van der Waals surface area contributed by atoms with Gasteiger partial charge >= 0.3 is 0 Å². The first-order valence-corrected chi connectivity index (χ1v) is 6.54. The zero-order valence-corrected chi connectivity index (χ0v) is 12.6. The quantitative estimate of drug-likeness (QED) is 0.620. The van der Waals surface area contributed by atoms with Gasteiger partial charge in [-0.1, -0.05) is 12.2 Å². The number of methoxy groups -OCH3 is 1. The number of nitrogens with zero attached hydrogens (tertiary/aromatic N) is 2. The number of hydrogen-bond donors (Lipinski definition) is 1. The number of hydrogen-bond acceptors (Lipinski definition) is 4. The maximum atomic E-state index is 12.0. The van der Waals surface area contributed by atoms with Gasteiger partial charge in [-0.15, -0.1) is 0 Å². The molecule has 0 rings (SSSR count). The highest BCUT2D eigenvalue weighted by molar-refractivity contribution is 7.80. The molecule has 6 heteroatoms. The number of amides is 1. The summed E-state index contributed by atoms with van der Waals surface area (Å²) in [4.78, 5) is 16.2. The fourth-order valence-corrected chi connectivity index (χ4v) is 1.52. The lowest BCUT2D eigenvalue weighted by Gasteiger charge is -2.27. The van der Waals surface area contributed by atoms with Gasteiger partial charge in [-0.2, -0.15) is 0 Å². The Hall–Kier alpha value is -0.720. The van der Waals surface area contributed by atoms with Crippen LogP contribution in [-0.2, 0) is 9.53 Å². The van der Waals surface area contributed by atoms with Gasteiger partial charge in [0.1, 0.15) is 0 Å². The molecule has 18 heavy (non-hydrogen) atoms. The molecule has 0 spiro atoms. The van der Waals surface area contributed by atoms with Crippen molar-refractivity contribution in [1.29, 1.82) is 0 Å². The summed E-state index contributed by atoms with van der Waals surface area (Å²) in [5.74, 6) is 0.0797. The van der Waals surface area contributed by atoms with Crippen molar-refractivity contribution in [2.24, 2.45) is 5.73 Å². The van der Waals surface area contributed by atoms with E-state index in [1.807, 2.05) is 0 Å². The van der Waals surface area contributed by atoms with Crippen molar-refractivity contribution in [3.63, 3.8) is 0 Å². The molecule has 0 atom stereocenters. The fraction of sp³-hybridized carbons (Fsp3) is 0.833. The highest BCUT2D eigenvalue weighted by Crippen LogP contribution is 2.00. The first kappa shape index (κ1) is 17.3. The molecule has 0 saturated heterocycles. The van der Waals surface area contributed by atoms with E-state index in [0.717, 1.165) is 6.54 Å². The number of ether oxygens (including phenoxy) is 1. The van der Waals surface area contributed by atoms with Gasteiger partial charge in [0, 0.05) is 39.7 Å². The maximum absolute atomic E-state index is 12.0. The van der Waals surface area contributed by atoms with Crippen LogP contribution in [0.2, 0.25) is 0 Å². The molecule has 0 bridgehead atoms. The second-order valence-corrected chi connectivity index (χ2v) is 5.11. The van der Waals surface area contributed by atoms with Crippen molar-refractivity contribution in [3.8, 4) is 0 Å². The van der Waals surface area contributed by atoms with Crippen molar-refractivity contribution in [2.45, 2.75) is 26.3 Å². The summed E-state index contributed by atoms with van der Waals surface area (Å²) < 4.78 is 5.04. The van der Waals surface area contributed by atoms with E-state index in [1.165, 1.54) is 0 Å². The maximum Gasteiger partial charge on any atom is 0.236 e. The molecule has 0 aliphatic heterocycles. The number of rotatable bonds is 9. The molecular weight excluding hydrogens is 250 g/mol. The molecule has 0 unspecified atom stereocenters. The summed E-state index contributed by atoms with van der Waals surface area (Å²) in [6, 6.07) is 0.313. The first-order chi connectivity index (χ1) is 8.38. The van der Waals surface area contributed by atoms with E-state index in [4.69, 9.17) is 22.7 Å². The summed E-state index contributed by atoms with van der Waals surface area (Å²) >= 11 is 4.80. The minimum absolute atomic E-state index is 0.0797. The van der Waals surface area contributed by atoms with E-state index in [-0.39, 0.29) is 5.91 Å². The molecule has 0 fully saturated rings. The van der Waals surface area contributed by atoms with Crippen molar-refractivity contribution in [2.75, 3.05) is 40.4 Å². The van der Waals surface area contributed by atoms with Gasteiger partial charge < -0.3 is 15.4 Å². The van der Waals surface area contributed by atoms with E-state index >= 15 is 0 Å². The highest BCUT2D eigenvalue weighted by atomic mass is 32.1. The SMILES string of the molecule is COCCN(CC(=O)N(C)CCC(N)=S)C(C)C. The minimum atomic E-state index is 0.0797. The molecule has 0 aromatic heterocycles. The van der Waals surface area contributed by atoms with Crippen LogP contribution in [0.25, 0.3) is 0 Å². The molecule has 0 aliphatic rings. The standard InChI is InChI=1S/C12H25N3O2S/c1-10(2)15(7-8-17-4)9-12(16)14(3)6-5-11(13)18/h10H,5-9H2,1-4H3,(H2,13,18). The van der Waals surface area contributed by atoms with Crippen LogP contribution in [0.5, 0.6) is 0 Å². The van der Waals surface area contributed by atoms with E-state index in [9.17, 15) is 4.79 Å². The molecule has 1 amide bonds. The van der Waals surface area contributed by atoms with Crippen LogP contribution < -0.4 is 5.73 Å². The summed E-state index contributed by atoms with van der Waals surface area (Å²) in [5.41, 5.74) is 5.42. The van der Waals surface area contributed by atoms with Gasteiger partial charge in [-0.05, 0) is 13.8 Å². The molecule has 0 radical (unpaired) electrons. The van der Waals surface area contributed by atoms with Crippen molar-refractivity contribution in [3.05, 3.63) is 0 Å². The third-order valence-corrected chi connectivity index (χ3v) is 2.97. The lowest BCUT2D eigenvalue weighted by Crippen LogP contribution is -2.43. The smallest absolute Gasteiger partial charge is 0.236 e. The zero-order chi connectivity index (χ0) is 14.1. The van der Waals surface area contributed by atoms with Gasteiger partial charge in [0.15, 0.2) is 0 Å². The van der Waals surface area contributed by atoms with Crippen LogP contribution in [0.3, 0.4) is 0 Å². The Kier molecular flexibility index (Phi) is 8.87. The van der Waals surface area contributed by atoms with Crippen LogP contribution in [-0.4, -0.2) is 67.1 Å². The Morgan fingerprint density at radius 3 is 2.44 bits per heavy atom. The average Bonchev–Trinajstić information content (AvgIpc) is 2.30. The summed E-state index contributed by atoms with van der Waals surface area (Å²) in [6.07, 6.45) is 0.567. The Labute approximate surface area is 115 Å². The van der Waals surface area contributed by atoms with Gasteiger partial charge in [-0.25, -0.2) is 0 Å². The second kappa shape index (κ2) is 9.24. The number of carbonyl (C=O) groups excluding carboxylic acids is 1. The van der Waals surface area contributed by atoms with Crippen LogP contribution in [0, 0.1) is 0 Å². The van der Waals surface area contributed by atoms with Gasteiger partial charge in [0.2, 0.25) is 5.91 Å². The molecule has 0 aliphatic carbocycles. The third kappa shape index (κ3) is 7.58. The number of thiocarbonyl (C=S) groups is 1. The molecule has 5 nitrogen and oxygen atoms in total. The number of carbonyl (C=O) groups is 1. The highest BCUT2D eigenvalue weighted by Gasteiger charge is 2.16. The zero-order valence-electron chi connectivity index (χ0n) is 11.8. The molecule has 0 saturated carbocycles. The molecule has 0 aromatic rings. The van der Waals surface area contributed by atoms with E-state index in [2.05, 4.69) is 18.7 Å². The summed E-state index contributed by atoms with van der Waals surface area (Å²) in [7, 11) is 3.43. The summed E-state index contributed by atoms with van der Waals surface area (Å²) in [6.45, 7) is 6.49. The van der Waals surface area contributed by atoms with Crippen molar-refractivity contribution < 1.29 is 9.53 Å². The van der Waals surface area contributed by atoms with Gasteiger partial charge in [-0.3, -0.25) is 9.69 Å². The number of nitrogens with two attached hydrogens (primary N) is 1. The van der Waals surface area contributed by atoms with Gasteiger partial charge in [0.05, 0.1) is 18.1 Å². The van der Waals surface area contributed by atoms with Crippen molar-refractivity contribution in [1.82, 2.24) is 9.80 Å². The number of likely N-dealkylation sites (N-methyl/N-ethyl adjacent to an activating group) is 1. The molecule has 2 N–H and O–H groups in total. The lowest BCUT2D eigenvalue weighted by atomic mass is 10.3. The fourth-order valence-electron chi connectivity index (χ4n) is 1.43. The lowest BCUT2D eigenvalue weighted by molar-refractivity contribution is -0.131. The van der Waals surface area contributed by atoms with Crippen LogP contribution in [0.15, 0.2) is 0 Å². The minimum Gasteiger partial charge on any atom is -0.393 e. The van der Waals surface area contributed by atoms with E-state index in [1.54, 1.807) is 19.1 Å². The van der Waals surface area contributed by atoms with E-state index < -0.39 is 0 Å². The normalized spacial score (nSPS) is 11.0. The molecule has 106 valence electrons. The average molecular weight is 275 g/mol. The van der Waals surface area contributed by atoms with Gasteiger partial charge in [0.25, 0.3) is 0 Å². The molecule has 0 heterocycles. The van der Waals surface area contributed by atoms with Crippen LogP contribution >= 0.6 is 12.2 Å². The topological polar surface area (TPSA) is 58.8 Å². The van der Waals surface area contributed by atoms with Crippen LogP contribution in [0.1, 0.15) is 20.3 Å². The monoisotopic (exact) mass is 275 g/mol. The predicted molar refractivity (Wildman–Crippen MR) is 77.6 cm³/mol. The predicted octanol–water partition coefficient (Wildman–Crippen LogP) is 0.478. The second-order valence-electron chi connectivity index (χ2n) is 4.59. The summed E-state index contributed by atoms with van der Waals surface area (Å²) in [5, 5.41) is 0. The van der Waals surface area contributed by atoms with Crippen LogP contribution in [0.4, 0.5) is 0 Å².